The van der Waals surface area contributed by atoms with Crippen LogP contribution >= 0.6 is 11.6 Å². The summed E-state index contributed by atoms with van der Waals surface area (Å²) >= 11 is 5.81. The molecule has 0 aliphatic carbocycles. The maximum Gasteiger partial charge on any atom is 0.343 e. The van der Waals surface area contributed by atoms with Crippen molar-refractivity contribution in [3.63, 3.8) is 0 Å². The molecule has 1 N–H and O–H groups in total. The summed E-state index contributed by atoms with van der Waals surface area (Å²) in [6.07, 6.45) is 1.27. The van der Waals surface area contributed by atoms with Gasteiger partial charge in [-0.3, -0.25) is 0 Å². The molecule has 6 nitrogen and oxygen atoms in total. The molecule has 0 radical (unpaired) electrons. The molecular weight excluding hydrogens is 400 g/mol. The zero-order valence-electron chi connectivity index (χ0n) is 14.4. The van der Waals surface area contributed by atoms with Crippen LogP contribution in [0.25, 0.3) is 0 Å². The highest BCUT2D eigenvalue weighted by molar-refractivity contribution is 7.89. The van der Waals surface area contributed by atoms with Crippen molar-refractivity contribution >= 4 is 33.8 Å². The summed E-state index contributed by atoms with van der Waals surface area (Å²) in [6, 6.07) is 20.8. The van der Waals surface area contributed by atoms with E-state index in [-0.39, 0.29) is 10.6 Å². The standard InChI is InChI=1S/C20H15ClN2O4S/c21-17-12-10-15(11-13-17)20(24)27-19-9-5-4-6-16(19)14-22-23-28(25,26)18-7-2-1-3-8-18/h1-14,23H/b22-14-. The van der Waals surface area contributed by atoms with E-state index in [1.807, 2.05) is 0 Å². The number of ether oxygens (including phenoxy) is 1. The average molecular weight is 415 g/mol. The minimum atomic E-state index is -3.78. The number of halogens is 1. The number of hydrazone groups is 1. The lowest BCUT2D eigenvalue weighted by atomic mass is 10.2. The Hall–Kier alpha value is -3.16. The molecule has 142 valence electrons. The number of sulfonamides is 1. The van der Waals surface area contributed by atoms with Gasteiger partial charge in [-0.25, -0.2) is 9.63 Å². The number of benzene rings is 3. The summed E-state index contributed by atoms with van der Waals surface area (Å²) in [5, 5.41) is 4.28. The Morgan fingerprint density at radius 1 is 0.929 bits per heavy atom. The van der Waals surface area contributed by atoms with Gasteiger partial charge in [-0.05, 0) is 48.5 Å². The highest BCUT2D eigenvalue weighted by atomic mass is 35.5. The van der Waals surface area contributed by atoms with Crippen molar-refractivity contribution in [2.75, 3.05) is 0 Å². The van der Waals surface area contributed by atoms with Crippen molar-refractivity contribution in [3.8, 4) is 5.75 Å². The van der Waals surface area contributed by atoms with E-state index in [4.69, 9.17) is 16.3 Å². The van der Waals surface area contributed by atoms with Gasteiger partial charge in [0.25, 0.3) is 10.0 Å². The SMILES string of the molecule is O=C(Oc1ccccc1/C=N\NS(=O)(=O)c1ccccc1)c1ccc(Cl)cc1. The number of carbonyl (C=O) groups is 1. The molecule has 0 unspecified atom stereocenters. The van der Waals surface area contributed by atoms with Gasteiger partial charge in [-0.2, -0.15) is 13.5 Å². The average Bonchev–Trinajstić information content (AvgIpc) is 2.70. The van der Waals surface area contributed by atoms with Gasteiger partial charge in [-0.1, -0.05) is 41.9 Å². The monoisotopic (exact) mass is 414 g/mol. The van der Waals surface area contributed by atoms with Crippen LogP contribution in [0.1, 0.15) is 15.9 Å². The van der Waals surface area contributed by atoms with Crippen molar-refractivity contribution < 1.29 is 17.9 Å². The fourth-order valence-corrected chi connectivity index (χ4v) is 3.18. The zero-order chi connectivity index (χ0) is 20.0. The van der Waals surface area contributed by atoms with Crippen LogP contribution in [0.4, 0.5) is 0 Å². The number of para-hydroxylation sites is 1. The molecule has 0 bridgehead atoms. The van der Waals surface area contributed by atoms with Crippen LogP contribution in [0.3, 0.4) is 0 Å². The number of esters is 1. The van der Waals surface area contributed by atoms with E-state index in [1.54, 1.807) is 66.7 Å². The van der Waals surface area contributed by atoms with Gasteiger partial charge in [0.05, 0.1) is 16.7 Å². The van der Waals surface area contributed by atoms with E-state index in [0.29, 0.717) is 16.1 Å². The first-order chi connectivity index (χ1) is 13.5. The van der Waals surface area contributed by atoms with E-state index in [9.17, 15) is 13.2 Å². The highest BCUT2D eigenvalue weighted by Gasteiger charge is 2.13. The predicted molar refractivity (Wildman–Crippen MR) is 107 cm³/mol. The number of hydrogen-bond acceptors (Lipinski definition) is 5. The van der Waals surface area contributed by atoms with E-state index in [2.05, 4.69) is 9.93 Å². The van der Waals surface area contributed by atoms with Gasteiger partial charge >= 0.3 is 5.97 Å². The van der Waals surface area contributed by atoms with Crippen LogP contribution in [0.2, 0.25) is 5.02 Å². The molecule has 3 aromatic carbocycles. The molecule has 0 fully saturated rings. The zero-order valence-corrected chi connectivity index (χ0v) is 16.0. The Morgan fingerprint density at radius 3 is 2.29 bits per heavy atom. The third kappa shape index (κ3) is 4.97. The molecule has 3 rings (SSSR count). The topological polar surface area (TPSA) is 84.8 Å². The summed E-state index contributed by atoms with van der Waals surface area (Å²) in [5.74, 6) is -0.326. The summed E-state index contributed by atoms with van der Waals surface area (Å²) in [6.45, 7) is 0. The maximum atomic E-state index is 12.3. The molecule has 28 heavy (non-hydrogen) atoms. The number of carbonyl (C=O) groups excluding carboxylic acids is 1. The molecule has 8 heteroatoms. The normalized spacial score (nSPS) is 11.3. The second-order valence-electron chi connectivity index (χ2n) is 5.60. The third-order valence-corrected chi connectivity index (χ3v) is 5.12. The number of hydrogen-bond donors (Lipinski definition) is 1. The van der Waals surface area contributed by atoms with Gasteiger partial charge in [0.1, 0.15) is 5.75 Å². The predicted octanol–water partition coefficient (Wildman–Crippen LogP) is 3.87. The molecule has 0 saturated carbocycles. The Bertz CT molecular complexity index is 1100. The molecule has 0 aliphatic rings. The quantitative estimate of drug-likeness (QED) is 0.287. The van der Waals surface area contributed by atoms with Crippen LogP contribution in [0, 0.1) is 0 Å². The largest absolute Gasteiger partial charge is 0.422 e. The summed E-state index contributed by atoms with van der Waals surface area (Å²) < 4.78 is 29.7. The fraction of sp³-hybridized carbons (Fsp3) is 0. The molecule has 0 aliphatic heterocycles. The van der Waals surface area contributed by atoms with Crippen LogP contribution in [0.5, 0.6) is 5.75 Å². The van der Waals surface area contributed by atoms with Crippen molar-refractivity contribution in [1.29, 1.82) is 0 Å². The third-order valence-electron chi connectivity index (χ3n) is 3.63. The Morgan fingerprint density at radius 2 is 1.57 bits per heavy atom. The second kappa shape index (κ2) is 8.69. The van der Waals surface area contributed by atoms with Crippen LogP contribution in [0.15, 0.2) is 88.9 Å². The first-order valence-corrected chi connectivity index (χ1v) is 9.98. The first-order valence-electron chi connectivity index (χ1n) is 8.12. The molecule has 0 atom stereocenters. The molecule has 0 amide bonds. The lowest BCUT2D eigenvalue weighted by molar-refractivity contribution is 0.0734. The fourth-order valence-electron chi connectivity index (χ4n) is 2.24. The van der Waals surface area contributed by atoms with E-state index in [1.165, 1.54) is 18.3 Å². The van der Waals surface area contributed by atoms with E-state index >= 15 is 0 Å². The van der Waals surface area contributed by atoms with Gasteiger partial charge in [0.15, 0.2) is 0 Å². The Kier molecular flexibility index (Phi) is 6.08. The summed E-state index contributed by atoms with van der Waals surface area (Å²) in [5.41, 5.74) is 0.765. The van der Waals surface area contributed by atoms with Crippen molar-refractivity contribution in [3.05, 3.63) is 95.0 Å². The van der Waals surface area contributed by atoms with E-state index < -0.39 is 16.0 Å². The molecule has 0 heterocycles. The number of nitrogens with zero attached hydrogens (tertiary/aromatic N) is 1. The van der Waals surface area contributed by atoms with Crippen molar-refractivity contribution in [2.45, 2.75) is 4.90 Å². The number of rotatable bonds is 6. The smallest absolute Gasteiger partial charge is 0.343 e. The number of nitrogens with one attached hydrogen (secondary N) is 1. The van der Waals surface area contributed by atoms with Gasteiger partial charge in [0.2, 0.25) is 0 Å². The molecule has 3 aromatic rings. The molecular formula is C20H15ClN2O4S. The van der Waals surface area contributed by atoms with E-state index in [0.717, 1.165) is 0 Å². The van der Waals surface area contributed by atoms with Gasteiger partial charge < -0.3 is 4.74 Å². The minimum Gasteiger partial charge on any atom is -0.422 e. The first kappa shape index (κ1) is 19.6. The highest BCUT2D eigenvalue weighted by Crippen LogP contribution is 2.18. The van der Waals surface area contributed by atoms with Crippen molar-refractivity contribution in [1.82, 2.24) is 4.83 Å². The second-order valence-corrected chi connectivity index (χ2v) is 7.70. The summed E-state index contributed by atoms with van der Waals surface area (Å²) in [7, 11) is -3.78. The molecule has 0 spiro atoms. The lowest BCUT2D eigenvalue weighted by Crippen LogP contribution is -2.18. The van der Waals surface area contributed by atoms with Crippen LogP contribution in [-0.4, -0.2) is 20.6 Å². The Balaban J connectivity index is 1.74. The van der Waals surface area contributed by atoms with Crippen LogP contribution in [-0.2, 0) is 10.0 Å². The summed E-state index contributed by atoms with van der Waals surface area (Å²) in [4.78, 5) is 14.5. The maximum absolute atomic E-state index is 12.3. The van der Waals surface area contributed by atoms with Crippen LogP contribution < -0.4 is 9.57 Å². The molecule has 0 aromatic heterocycles. The van der Waals surface area contributed by atoms with Crippen molar-refractivity contribution in [2.24, 2.45) is 5.10 Å². The van der Waals surface area contributed by atoms with Gasteiger partial charge in [-0.15, -0.1) is 0 Å². The Labute approximate surface area is 167 Å². The molecule has 0 saturated heterocycles. The minimum absolute atomic E-state index is 0.0922. The lowest BCUT2D eigenvalue weighted by Gasteiger charge is -2.07. The van der Waals surface area contributed by atoms with Gasteiger partial charge in [0, 0.05) is 10.6 Å².